The second kappa shape index (κ2) is 7.25. The monoisotopic (exact) mass is 376 g/mol. The normalized spacial score (nSPS) is 19.3. The maximum atomic E-state index is 14.4. The van der Waals surface area contributed by atoms with Crippen LogP contribution in [0.1, 0.15) is 30.6 Å². The van der Waals surface area contributed by atoms with E-state index in [0.29, 0.717) is 29.4 Å². The Balaban J connectivity index is 1.74. The molecular formula is C20H22ClFN2O2. The van der Waals surface area contributed by atoms with E-state index in [9.17, 15) is 9.18 Å². The molecule has 1 fully saturated rings. The number of nitrogens with two attached hydrogens (primary N) is 1. The number of likely N-dealkylation sites (tertiary alicyclic amines) is 1. The summed E-state index contributed by atoms with van der Waals surface area (Å²) in [5.41, 5.74) is 6.26. The lowest BCUT2D eigenvalue weighted by Crippen LogP contribution is -2.54. The Kier molecular flexibility index (Phi) is 5.21. The minimum absolute atomic E-state index is 0.0541. The molecule has 1 saturated heterocycles. The fraction of sp³-hybridized carbons (Fsp3) is 0.350. The molecule has 6 heteroatoms. The second-order valence-electron chi connectivity index (χ2n) is 7.31. The average molecular weight is 377 g/mol. The van der Waals surface area contributed by atoms with Gasteiger partial charge >= 0.3 is 0 Å². The van der Waals surface area contributed by atoms with Crippen LogP contribution in [0.2, 0.25) is 5.02 Å². The lowest BCUT2D eigenvalue weighted by atomic mass is 9.79. The fourth-order valence-electron chi connectivity index (χ4n) is 3.08. The van der Waals surface area contributed by atoms with Crippen LogP contribution in [0.4, 0.5) is 4.39 Å². The van der Waals surface area contributed by atoms with Gasteiger partial charge in [-0.05, 0) is 54.3 Å². The average Bonchev–Trinajstić information content (AvgIpc) is 2.60. The van der Waals surface area contributed by atoms with Crippen LogP contribution < -0.4 is 10.5 Å². The Bertz CT molecular complexity index is 808. The number of carbonyl (C=O) groups excluding carboxylic acids is 1. The van der Waals surface area contributed by atoms with E-state index in [2.05, 4.69) is 0 Å². The Labute approximate surface area is 157 Å². The number of hydrogen-bond donors (Lipinski definition) is 1. The van der Waals surface area contributed by atoms with Gasteiger partial charge in [-0.25, -0.2) is 4.39 Å². The number of rotatable bonds is 3. The summed E-state index contributed by atoms with van der Waals surface area (Å²) in [5.74, 6) is -0.246. The lowest BCUT2D eigenvalue weighted by molar-refractivity contribution is 0.0532. The number of hydrogen-bond acceptors (Lipinski definition) is 3. The van der Waals surface area contributed by atoms with Crippen LogP contribution in [-0.2, 0) is 0 Å². The maximum absolute atomic E-state index is 14.4. The smallest absolute Gasteiger partial charge is 0.253 e. The molecule has 1 aliphatic heterocycles. The summed E-state index contributed by atoms with van der Waals surface area (Å²) < 4.78 is 19.9. The first-order chi connectivity index (χ1) is 12.3. The van der Waals surface area contributed by atoms with E-state index in [0.717, 1.165) is 6.42 Å². The third-order valence-electron chi connectivity index (χ3n) is 4.82. The predicted octanol–water partition coefficient (Wildman–Crippen LogP) is 4.47. The topological polar surface area (TPSA) is 55.6 Å². The van der Waals surface area contributed by atoms with Gasteiger partial charge in [-0.3, -0.25) is 4.79 Å². The zero-order valence-corrected chi connectivity index (χ0v) is 15.6. The van der Waals surface area contributed by atoms with Crippen molar-refractivity contribution < 1.29 is 13.9 Å². The zero-order chi connectivity index (χ0) is 18.9. The first-order valence-corrected chi connectivity index (χ1v) is 8.92. The van der Waals surface area contributed by atoms with Crippen LogP contribution in [-0.4, -0.2) is 29.9 Å². The molecule has 1 unspecified atom stereocenters. The summed E-state index contributed by atoms with van der Waals surface area (Å²) in [5, 5.41) is 0.572. The maximum Gasteiger partial charge on any atom is 0.253 e. The molecule has 1 heterocycles. The van der Waals surface area contributed by atoms with E-state index in [-0.39, 0.29) is 23.1 Å². The number of nitrogens with zero attached hydrogens (tertiary/aromatic N) is 1. The number of amides is 1. The largest absolute Gasteiger partial charge is 0.454 e. The molecule has 2 aromatic rings. The van der Waals surface area contributed by atoms with E-state index in [1.165, 1.54) is 12.1 Å². The summed E-state index contributed by atoms with van der Waals surface area (Å²) in [7, 11) is 0. The molecule has 1 aliphatic rings. The van der Waals surface area contributed by atoms with Crippen molar-refractivity contribution in [2.24, 2.45) is 11.1 Å². The standard InChI is InChI=1S/C20H22ClFN2O2/c1-20(2)12-24(10-9-18(20)23)19(25)13-3-8-17(16(22)11-13)26-15-6-4-14(21)5-7-15/h3-8,11,18H,9-10,12,23H2,1-2H3. The summed E-state index contributed by atoms with van der Waals surface area (Å²) in [6.07, 6.45) is 0.735. The molecule has 138 valence electrons. The molecular weight excluding hydrogens is 355 g/mol. The summed E-state index contributed by atoms with van der Waals surface area (Å²) in [6, 6.07) is 11.0. The lowest BCUT2D eigenvalue weighted by Gasteiger charge is -2.42. The molecule has 2 N–H and O–H groups in total. The van der Waals surface area contributed by atoms with Crippen molar-refractivity contribution in [3.05, 3.63) is 58.9 Å². The van der Waals surface area contributed by atoms with Gasteiger partial charge in [0, 0.05) is 29.7 Å². The minimum atomic E-state index is -0.584. The highest BCUT2D eigenvalue weighted by molar-refractivity contribution is 6.30. The van der Waals surface area contributed by atoms with Crippen LogP contribution in [0.15, 0.2) is 42.5 Å². The molecule has 4 nitrogen and oxygen atoms in total. The number of piperidine rings is 1. The van der Waals surface area contributed by atoms with E-state index in [1.54, 1.807) is 35.2 Å². The van der Waals surface area contributed by atoms with E-state index >= 15 is 0 Å². The van der Waals surface area contributed by atoms with Crippen LogP contribution in [0, 0.1) is 11.2 Å². The molecule has 0 aliphatic carbocycles. The van der Waals surface area contributed by atoms with E-state index in [4.69, 9.17) is 22.1 Å². The van der Waals surface area contributed by atoms with Crippen molar-refractivity contribution in [2.45, 2.75) is 26.3 Å². The van der Waals surface area contributed by atoms with Crippen LogP contribution in [0.3, 0.4) is 0 Å². The SMILES string of the molecule is CC1(C)CN(C(=O)c2ccc(Oc3ccc(Cl)cc3)c(F)c2)CCC1N. The van der Waals surface area contributed by atoms with Gasteiger partial charge < -0.3 is 15.4 Å². The Hall–Kier alpha value is -2.11. The van der Waals surface area contributed by atoms with Gasteiger partial charge in [-0.15, -0.1) is 0 Å². The van der Waals surface area contributed by atoms with Crippen LogP contribution >= 0.6 is 11.6 Å². The Morgan fingerprint density at radius 1 is 1.27 bits per heavy atom. The molecule has 0 aromatic heterocycles. The van der Waals surface area contributed by atoms with Crippen molar-refractivity contribution >= 4 is 17.5 Å². The molecule has 0 saturated carbocycles. The van der Waals surface area contributed by atoms with Gasteiger partial charge in [0.05, 0.1) is 0 Å². The fourth-order valence-corrected chi connectivity index (χ4v) is 3.20. The van der Waals surface area contributed by atoms with Crippen molar-refractivity contribution in [2.75, 3.05) is 13.1 Å². The molecule has 1 amide bonds. The van der Waals surface area contributed by atoms with E-state index < -0.39 is 5.82 Å². The Morgan fingerprint density at radius 3 is 2.58 bits per heavy atom. The highest BCUT2D eigenvalue weighted by Crippen LogP contribution is 2.30. The first-order valence-electron chi connectivity index (χ1n) is 8.54. The van der Waals surface area contributed by atoms with Gasteiger partial charge in [0.2, 0.25) is 0 Å². The number of benzene rings is 2. The molecule has 0 bridgehead atoms. The molecule has 2 aromatic carbocycles. The van der Waals surface area contributed by atoms with Gasteiger partial charge in [0.1, 0.15) is 5.75 Å². The molecule has 0 spiro atoms. The number of halogens is 2. The van der Waals surface area contributed by atoms with Gasteiger partial charge in [0.25, 0.3) is 5.91 Å². The molecule has 0 radical (unpaired) electrons. The first kappa shape index (κ1) is 18.7. The van der Waals surface area contributed by atoms with Crippen LogP contribution in [0.5, 0.6) is 11.5 Å². The van der Waals surface area contributed by atoms with Gasteiger partial charge in [-0.2, -0.15) is 0 Å². The zero-order valence-electron chi connectivity index (χ0n) is 14.8. The number of carbonyl (C=O) groups is 1. The summed E-state index contributed by atoms with van der Waals surface area (Å²) >= 11 is 5.82. The molecule has 3 rings (SSSR count). The number of ether oxygens (including phenoxy) is 1. The summed E-state index contributed by atoms with van der Waals surface area (Å²) in [4.78, 5) is 14.5. The van der Waals surface area contributed by atoms with Gasteiger partial charge in [-0.1, -0.05) is 25.4 Å². The predicted molar refractivity (Wildman–Crippen MR) is 100 cm³/mol. The van der Waals surface area contributed by atoms with Crippen molar-refractivity contribution in [3.63, 3.8) is 0 Å². The highest BCUT2D eigenvalue weighted by atomic mass is 35.5. The van der Waals surface area contributed by atoms with Crippen LogP contribution in [0.25, 0.3) is 0 Å². The Morgan fingerprint density at radius 2 is 1.96 bits per heavy atom. The van der Waals surface area contributed by atoms with Crippen molar-refractivity contribution in [1.82, 2.24) is 4.90 Å². The third kappa shape index (κ3) is 4.00. The third-order valence-corrected chi connectivity index (χ3v) is 5.07. The second-order valence-corrected chi connectivity index (χ2v) is 7.75. The van der Waals surface area contributed by atoms with E-state index in [1.807, 2.05) is 13.8 Å². The molecule has 26 heavy (non-hydrogen) atoms. The van der Waals surface area contributed by atoms with Crippen molar-refractivity contribution in [1.29, 1.82) is 0 Å². The van der Waals surface area contributed by atoms with Crippen molar-refractivity contribution in [3.8, 4) is 11.5 Å². The summed E-state index contributed by atoms with van der Waals surface area (Å²) in [6.45, 7) is 5.22. The highest BCUT2D eigenvalue weighted by Gasteiger charge is 2.35. The minimum Gasteiger partial charge on any atom is -0.454 e. The van der Waals surface area contributed by atoms with Gasteiger partial charge in [0.15, 0.2) is 11.6 Å². The molecule has 1 atom stereocenters. The quantitative estimate of drug-likeness (QED) is 0.859.